The molecular formula is C26H34N2O2. The lowest BCUT2D eigenvalue weighted by atomic mass is 9.86. The molecular weight excluding hydrogens is 372 g/mol. The lowest BCUT2D eigenvalue weighted by Gasteiger charge is -2.26. The summed E-state index contributed by atoms with van der Waals surface area (Å²) in [5, 5.41) is 4.12. The molecule has 3 aromatic rings. The Bertz CT molecular complexity index is 1050. The minimum atomic E-state index is -0.168. The highest BCUT2D eigenvalue weighted by Gasteiger charge is 2.22. The van der Waals surface area contributed by atoms with Gasteiger partial charge in [-0.05, 0) is 68.6 Å². The van der Waals surface area contributed by atoms with E-state index in [1.807, 2.05) is 34.0 Å². The van der Waals surface area contributed by atoms with Crippen LogP contribution in [0.25, 0.3) is 11.0 Å². The number of likely N-dealkylation sites (N-methyl/N-ethyl adjacent to an activating group) is 1. The SMILES string of the molecule is Cc1cc(C)c2c(C)c(C(=O)NCC(c3ccc(C(C)(C)C)cc3)N(C)C)oc2c1. The monoisotopic (exact) mass is 406 g/mol. The van der Waals surface area contributed by atoms with Crippen LogP contribution in [0.2, 0.25) is 0 Å². The summed E-state index contributed by atoms with van der Waals surface area (Å²) in [6.07, 6.45) is 0. The maximum atomic E-state index is 13.0. The van der Waals surface area contributed by atoms with Crippen molar-refractivity contribution < 1.29 is 9.21 Å². The van der Waals surface area contributed by atoms with Crippen molar-refractivity contribution in [2.45, 2.75) is 53.0 Å². The van der Waals surface area contributed by atoms with E-state index in [0.717, 1.165) is 27.7 Å². The highest BCUT2D eigenvalue weighted by Crippen LogP contribution is 2.30. The van der Waals surface area contributed by atoms with Gasteiger partial charge in [0.15, 0.2) is 5.76 Å². The zero-order chi connectivity index (χ0) is 22.2. The molecule has 0 aliphatic heterocycles. The van der Waals surface area contributed by atoms with Gasteiger partial charge in [0.05, 0.1) is 6.04 Å². The number of furan rings is 1. The van der Waals surface area contributed by atoms with Gasteiger partial charge in [-0.1, -0.05) is 51.1 Å². The number of nitrogens with zero attached hydrogens (tertiary/aromatic N) is 1. The van der Waals surface area contributed by atoms with Crippen molar-refractivity contribution in [2.24, 2.45) is 0 Å². The molecule has 3 rings (SSSR count). The summed E-state index contributed by atoms with van der Waals surface area (Å²) >= 11 is 0. The van der Waals surface area contributed by atoms with E-state index >= 15 is 0 Å². The van der Waals surface area contributed by atoms with Gasteiger partial charge in [-0.15, -0.1) is 0 Å². The number of rotatable bonds is 5. The molecule has 0 aliphatic rings. The summed E-state index contributed by atoms with van der Waals surface area (Å²) in [5.74, 6) is 0.234. The van der Waals surface area contributed by atoms with Crippen molar-refractivity contribution in [1.29, 1.82) is 0 Å². The van der Waals surface area contributed by atoms with Crippen LogP contribution in [0.4, 0.5) is 0 Å². The summed E-state index contributed by atoms with van der Waals surface area (Å²) < 4.78 is 5.95. The smallest absolute Gasteiger partial charge is 0.287 e. The number of carbonyl (C=O) groups excluding carboxylic acids is 1. The summed E-state index contributed by atoms with van der Waals surface area (Å²) in [6, 6.07) is 12.9. The normalized spacial score (nSPS) is 13.1. The number of benzene rings is 2. The third kappa shape index (κ3) is 4.44. The highest BCUT2D eigenvalue weighted by atomic mass is 16.3. The van der Waals surface area contributed by atoms with E-state index < -0.39 is 0 Å². The molecule has 1 unspecified atom stereocenters. The van der Waals surface area contributed by atoms with Crippen LogP contribution in [-0.4, -0.2) is 31.4 Å². The Morgan fingerprint density at radius 3 is 2.27 bits per heavy atom. The van der Waals surface area contributed by atoms with Crippen LogP contribution in [0.1, 0.15) is 65.2 Å². The van der Waals surface area contributed by atoms with Crippen LogP contribution in [0, 0.1) is 20.8 Å². The van der Waals surface area contributed by atoms with Crippen LogP contribution in [-0.2, 0) is 5.41 Å². The fraction of sp³-hybridized carbons (Fsp3) is 0.423. The van der Waals surface area contributed by atoms with E-state index in [2.05, 4.69) is 68.2 Å². The molecule has 4 heteroatoms. The Balaban J connectivity index is 1.80. The lowest BCUT2D eigenvalue weighted by Crippen LogP contribution is -2.34. The number of amides is 1. The molecule has 160 valence electrons. The summed E-state index contributed by atoms with van der Waals surface area (Å²) in [7, 11) is 4.07. The minimum absolute atomic E-state index is 0.0802. The fourth-order valence-corrected chi connectivity index (χ4v) is 4.08. The average molecular weight is 407 g/mol. The van der Waals surface area contributed by atoms with Gasteiger partial charge in [0.25, 0.3) is 5.91 Å². The average Bonchev–Trinajstić information content (AvgIpc) is 2.97. The number of aryl methyl sites for hydroxylation is 3. The second kappa shape index (κ2) is 8.27. The molecule has 0 saturated heterocycles. The van der Waals surface area contributed by atoms with Gasteiger partial charge in [-0.25, -0.2) is 0 Å². The van der Waals surface area contributed by atoms with Gasteiger partial charge in [0, 0.05) is 17.5 Å². The summed E-state index contributed by atoms with van der Waals surface area (Å²) in [6.45, 7) is 13.2. The molecule has 0 bridgehead atoms. The molecule has 0 spiro atoms. The first-order valence-corrected chi connectivity index (χ1v) is 10.5. The van der Waals surface area contributed by atoms with E-state index in [-0.39, 0.29) is 17.4 Å². The quantitative estimate of drug-likeness (QED) is 0.592. The Morgan fingerprint density at radius 1 is 1.07 bits per heavy atom. The second-order valence-corrected chi connectivity index (χ2v) is 9.57. The standard InChI is InChI=1S/C26H34N2O2/c1-16-13-17(2)23-18(3)24(30-22(23)14-16)25(29)27-15-21(28(7)8)19-9-11-20(12-10-19)26(4,5)6/h9-14,21H,15H2,1-8H3,(H,27,29). The third-order valence-corrected chi connectivity index (χ3v) is 5.82. The van der Waals surface area contributed by atoms with Gasteiger partial charge < -0.3 is 14.6 Å². The topological polar surface area (TPSA) is 45.5 Å². The van der Waals surface area contributed by atoms with Crippen LogP contribution < -0.4 is 5.32 Å². The van der Waals surface area contributed by atoms with Crippen LogP contribution >= 0.6 is 0 Å². The maximum absolute atomic E-state index is 13.0. The molecule has 0 radical (unpaired) electrons. The Kier molecular flexibility index (Phi) is 6.09. The molecule has 2 aromatic carbocycles. The molecule has 1 aromatic heterocycles. The number of hydrogen-bond donors (Lipinski definition) is 1. The van der Waals surface area contributed by atoms with E-state index in [1.165, 1.54) is 11.1 Å². The largest absolute Gasteiger partial charge is 0.451 e. The Labute approximate surface area is 180 Å². The van der Waals surface area contributed by atoms with Gasteiger partial charge in [-0.3, -0.25) is 4.79 Å². The fourth-order valence-electron chi connectivity index (χ4n) is 4.08. The first kappa shape index (κ1) is 22.1. The molecule has 30 heavy (non-hydrogen) atoms. The van der Waals surface area contributed by atoms with Crippen molar-refractivity contribution in [3.8, 4) is 0 Å². The Morgan fingerprint density at radius 2 is 1.70 bits per heavy atom. The van der Waals surface area contributed by atoms with Crippen molar-refractivity contribution in [3.05, 3.63) is 70.0 Å². The van der Waals surface area contributed by atoms with E-state index in [1.54, 1.807) is 0 Å². The van der Waals surface area contributed by atoms with Gasteiger partial charge in [-0.2, -0.15) is 0 Å². The summed E-state index contributed by atoms with van der Waals surface area (Å²) in [4.78, 5) is 15.1. The molecule has 1 heterocycles. The number of hydrogen-bond acceptors (Lipinski definition) is 3. The molecule has 0 fully saturated rings. The van der Waals surface area contributed by atoms with Crippen molar-refractivity contribution in [2.75, 3.05) is 20.6 Å². The third-order valence-electron chi connectivity index (χ3n) is 5.82. The molecule has 0 saturated carbocycles. The zero-order valence-corrected chi connectivity index (χ0v) is 19.5. The predicted molar refractivity (Wildman–Crippen MR) is 124 cm³/mol. The zero-order valence-electron chi connectivity index (χ0n) is 19.5. The van der Waals surface area contributed by atoms with Crippen LogP contribution in [0.5, 0.6) is 0 Å². The molecule has 1 atom stereocenters. The predicted octanol–water partition coefficient (Wildman–Crippen LogP) is 5.69. The van der Waals surface area contributed by atoms with Gasteiger partial charge in [0.1, 0.15) is 5.58 Å². The minimum Gasteiger partial charge on any atom is -0.451 e. The molecule has 1 N–H and O–H groups in total. The summed E-state index contributed by atoms with van der Waals surface area (Å²) in [5.41, 5.74) is 6.54. The van der Waals surface area contributed by atoms with Crippen molar-refractivity contribution in [3.63, 3.8) is 0 Å². The molecule has 0 aliphatic carbocycles. The maximum Gasteiger partial charge on any atom is 0.287 e. The van der Waals surface area contributed by atoms with Crippen LogP contribution in [0.3, 0.4) is 0 Å². The van der Waals surface area contributed by atoms with E-state index in [9.17, 15) is 4.79 Å². The van der Waals surface area contributed by atoms with E-state index in [0.29, 0.717) is 12.3 Å². The number of nitrogens with one attached hydrogen (secondary N) is 1. The first-order chi connectivity index (χ1) is 14.0. The van der Waals surface area contributed by atoms with Crippen molar-refractivity contribution >= 4 is 16.9 Å². The van der Waals surface area contributed by atoms with Gasteiger partial charge in [0.2, 0.25) is 0 Å². The second-order valence-electron chi connectivity index (χ2n) is 9.57. The van der Waals surface area contributed by atoms with Gasteiger partial charge >= 0.3 is 0 Å². The Hall–Kier alpha value is -2.59. The number of carbonyl (C=O) groups is 1. The van der Waals surface area contributed by atoms with Crippen molar-refractivity contribution in [1.82, 2.24) is 10.2 Å². The lowest BCUT2D eigenvalue weighted by molar-refractivity contribution is 0.0915. The highest BCUT2D eigenvalue weighted by molar-refractivity contribution is 6.00. The molecule has 4 nitrogen and oxygen atoms in total. The molecule has 1 amide bonds. The van der Waals surface area contributed by atoms with E-state index in [4.69, 9.17) is 4.42 Å². The van der Waals surface area contributed by atoms with Crippen LogP contribution in [0.15, 0.2) is 40.8 Å². The number of fused-ring (bicyclic) bond motifs is 1. The first-order valence-electron chi connectivity index (χ1n) is 10.5.